The number of rotatable bonds is 5. The van der Waals surface area contributed by atoms with Gasteiger partial charge in [-0.1, -0.05) is 12.1 Å². The van der Waals surface area contributed by atoms with Gasteiger partial charge in [0.15, 0.2) is 0 Å². The van der Waals surface area contributed by atoms with Crippen molar-refractivity contribution in [3.05, 3.63) is 35.4 Å². The summed E-state index contributed by atoms with van der Waals surface area (Å²) in [5, 5.41) is 21.4. The average Bonchev–Trinajstić information content (AvgIpc) is 2.70. The lowest BCUT2D eigenvalue weighted by molar-refractivity contribution is 0.0636. The minimum Gasteiger partial charge on any atom is -0.465 e. The van der Waals surface area contributed by atoms with Gasteiger partial charge >= 0.3 is 12.2 Å². The van der Waals surface area contributed by atoms with E-state index in [9.17, 15) is 19.2 Å². The van der Waals surface area contributed by atoms with Crippen molar-refractivity contribution in [3.63, 3.8) is 0 Å². The molecule has 4 N–H and O–H groups in total. The lowest BCUT2D eigenvalue weighted by Crippen LogP contribution is -2.50. The van der Waals surface area contributed by atoms with Gasteiger partial charge in [-0.15, -0.1) is 0 Å². The van der Waals surface area contributed by atoms with Crippen LogP contribution in [0.5, 0.6) is 0 Å². The summed E-state index contributed by atoms with van der Waals surface area (Å²) in [5.41, 5.74) is 0.487. The molecule has 0 spiro atoms. The van der Waals surface area contributed by atoms with Crippen LogP contribution in [0.25, 0.3) is 0 Å². The minimum atomic E-state index is -1.38. The van der Waals surface area contributed by atoms with Gasteiger partial charge in [-0.25, -0.2) is 9.59 Å². The van der Waals surface area contributed by atoms with Gasteiger partial charge in [-0.05, 0) is 12.1 Å². The Bertz CT molecular complexity index is 609. The van der Waals surface area contributed by atoms with Crippen LogP contribution in [0.4, 0.5) is 9.59 Å². The smallest absolute Gasteiger partial charge is 0.405 e. The lowest BCUT2D eigenvalue weighted by atomic mass is 10.1. The van der Waals surface area contributed by atoms with E-state index < -0.39 is 30.0 Å². The molecule has 0 unspecified atom stereocenters. The third-order valence-corrected chi connectivity index (χ3v) is 3.11. The molecule has 9 heteroatoms. The largest absolute Gasteiger partial charge is 0.465 e. The third kappa shape index (κ3) is 3.14. The quantitative estimate of drug-likeness (QED) is 0.573. The Morgan fingerprint density at radius 2 is 1.59 bits per heavy atom. The molecule has 1 heterocycles. The zero-order valence-electron chi connectivity index (χ0n) is 11.3. The molecule has 4 amide bonds. The Morgan fingerprint density at radius 3 is 2.05 bits per heavy atom. The van der Waals surface area contributed by atoms with E-state index in [1.54, 1.807) is 12.1 Å². The zero-order valence-corrected chi connectivity index (χ0v) is 11.3. The third-order valence-electron chi connectivity index (χ3n) is 3.11. The van der Waals surface area contributed by atoms with Crippen LogP contribution in [0.2, 0.25) is 0 Å². The fraction of sp³-hybridized carbons (Fsp3) is 0.231. The van der Waals surface area contributed by atoms with Crippen LogP contribution in [-0.2, 0) is 0 Å². The van der Waals surface area contributed by atoms with E-state index in [1.165, 1.54) is 12.1 Å². The number of carboxylic acid groups (broad SMARTS) is 2. The van der Waals surface area contributed by atoms with Crippen molar-refractivity contribution < 1.29 is 29.4 Å². The summed E-state index contributed by atoms with van der Waals surface area (Å²) in [6, 6.07) is 5.30. The molecular formula is C13H13N3O6. The van der Waals surface area contributed by atoms with E-state index in [2.05, 4.69) is 5.32 Å². The first kappa shape index (κ1) is 15.3. The molecule has 0 saturated heterocycles. The monoisotopic (exact) mass is 307 g/mol. The number of hydrogen-bond acceptors (Lipinski definition) is 4. The van der Waals surface area contributed by atoms with Crippen molar-refractivity contribution in [1.82, 2.24) is 15.5 Å². The normalized spacial score (nSPS) is 14.5. The number of nitrogens with one attached hydrogen (secondary N) is 2. The minimum absolute atomic E-state index is 0.243. The topological polar surface area (TPSA) is 136 Å². The second-order valence-corrected chi connectivity index (χ2v) is 4.60. The Labute approximate surface area is 124 Å². The highest BCUT2D eigenvalue weighted by Gasteiger charge is 2.36. The number of amides is 4. The summed E-state index contributed by atoms with van der Waals surface area (Å²) in [6.07, 6.45) is -2.71. The van der Waals surface area contributed by atoms with Gasteiger partial charge in [-0.2, -0.15) is 0 Å². The van der Waals surface area contributed by atoms with Gasteiger partial charge in [0.25, 0.3) is 11.8 Å². The van der Waals surface area contributed by atoms with Crippen LogP contribution in [0, 0.1) is 0 Å². The van der Waals surface area contributed by atoms with Crippen LogP contribution in [0.1, 0.15) is 20.7 Å². The highest BCUT2D eigenvalue weighted by molar-refractivity contribution is 6.21. The molecule has 22 heavy (non-hydrogen) atoms. The molecule has 116 valence electrons. The summed E-state index contributed by atoms with van der Waals surface area (Å²) in [6.45, 7) is -0.534. The maximum atomic E-state index is 12.2. The van der Waals surface area contributed by atoms with Crippen LogP contribution in [0.15, 0.2) is 24.3 Å². The molecule has 0 aliphatic carbocycles. The molecule has 9 nitrogen and oxygen atoms in total. The Hall–Kier alpha value is -3.10. The molecule has 1 aromatic carbocycles. The van der Waals surface area contributed by atoms with E-state index in [4.69, 9.17) is 10.2 Å². The van der Waals surface area contributed by atoms with Crippen molar-refractivity contribution >= 4 is 24.0 Å². The lowest BCUT2D eigenvalue weighted by Gasteiger charge is -2.22. The van der Waals surface area contributed by atoms with E-state index in [1.807, 2.05) is 5.32 Å². The second kappa shape index (κ2) is 6.12. The zero-order chi connectivity index (χ0) is 16.3. The maximum Gasteiger partial charge on any atom is 0.405 e. The summed E-state index contributed by atoms with van der Waals surface area (Å²) >= 11 is 0. The van der Waals surface area contributed by atoms with Crippen molar-refractivity contribution in [1.29, 1.82) is 0 Å². The Balaban J connectivity index is 2.13. The first-order valence-electron chi connectivity index (χ1n) is 6.31. The Morgan fingerprint density at radius 1 is 1.05 bits per heavy atom. The number of nitrogens with zero attached hydrogens (tertiary/aromatic N) is 1. The van der Waals surface area contributed by atoms with Gasteiger partial charge in [-0.3, -0.25) is 14.5 Å². The predicted molar refractivity (Wildman–Crippen MR) is 72.8 cm³/mol. The average molecular weight is 307 g/mol. The number of benzene rings is 1. The summed E-state index contributed by atoms with van der Waals surface area (Å²) in [7, 11) is 0. The molecule has 0 fully saturated rings. The maximum absolute atomic E-state index is 12.2. The van der Waals surface area contributed by atoms with Gasteiger partial charge in [0.05, 0.1) is 23.7 Å². The summed E-state index contributed by atoms with van der Waals surface area (Å²) in [4.78, 5) is 46.5. The number of carbonyl (C=O) groups excluding carboxylic acids is 2. The predicted octanol–water partition coefficient (Wildman–Crippen LogP) is 0.186. The van der Waals surface area contributed by atoms with Crippen molar-refractivity contribution in [2.45, 2.75) is 6.04 Å². The Kier molecular flexibility index (Phi) is 4.25. The first-order chi connectivity index (χ1) is 10.4. The molecule has 1 aromatic rings. The highest BCUT2D eigenvalue weighted by Crippen LogP contribution is 2.22. The first-order valence-corrected chi connectivity index (χ1v) is 6.31. The highest BCUT2D eigenvalue weighted by atomic mass is 16.4. The number of imide groups is 1. The van der Waals surface area contributed by atoms with Crippen molar-refractivity contribution in [2.24, 2.45) is 0 Å². The molecular weight excluding hydrogens is 294 g/mol. The summed E-state index contributed by atoms with van der Waals surface area (Å²) in [5.74, 6) is -1.07. The SMILES string of the molecule is O=C(O)NC[C@@H](CN1C(=O)c2ccccc2C1=O)NC(=O)O. The standard InChI is InChI=1S/C13H13N3O6/c17-10-8-3-1-2-4-9(8)11(18)16(10)6-7(15-13(21)22)5-14-12(19)20/h1-4,7,14-15H,5-6H2,(H,19,20)(H,21,22)/t7-/m0/s1. The second-order valence-electron chi connectivity index (χ2n) is 4.60. The summed E-state index contributed by atoms with van der Waals surface area (Å²) < 4.78 is 0. The van der Waals surface area contributed by atoms with Gasteiger partial charge in [0.1, 0.15) is 0 Å². The van der Waals surface area contributed by atoms with Crippen LogP contribution < -0.4 is 10.6 Å². The van der Waals surface area contributed by atoms with E-state index in [0.29, 0.717) is 0 Å². The molecule has 0 radical (unpaired) electrons. The van der Waals surface area contributed by atoms with Gasteiger partial charge < -0.3 is 20.8 Å². The van der Waals surface area contributed by atoms with Crippen molar-refractivity contribution in [2.75, 3.05) is 13.1 Å². The molecule has 2 rings (SSSR count). The molecule has 1 aliphatic heterocycles. The molecule has 0 saturated carbocycles. The van der Waals surface area contributed by atoms with E-state index in [-0.39, 0.29) is 24.2 Å². The van der Waals surface area contributed by atoms with E-state index >= 15 is 0 Å². The van der Waals surface area contributed by atoms with E-state index in [0.717, 1.165) is 4.90 Å². The number of fused-ring (bicyclic) bond motifs is 1. The fourth-order valence-corrected chi connectivity index (χ4v) is 2.17. The van der Waals surface area contributed by atoms with Crippen molar-refractivity contribution in [3.8, 4) is 0 Å². The fourth-order valence-electron chi connectivity index (χ4n) is 2.17. The van der Waals surface area contributed by atoms with Gasteiger partial charge in [0, 0.05) is 6.54 Å². The molecule has 0 aromatic heterocycles. The van der Waals surface area contributed by atoms with Crippen LogP contribution in [-0.4, -0.2) is 58.2 Å². The van der Waals surface area contributed by atoms with Crippen LogP contribution >= 0.6 is 0 Å². The number of hydrogen-bond donors (Lipinski definition) is 4. The molecule has 1 aliphatic rings. The molecule has 0 bridgehead atoms. The molecule has 1 atom stereocenters. The van der Waals surface area contributed by atoms with Crippen LogP contribution in [0.3, 0.4) is 0 Å². The number of carbonyl (C=O) groups is 4. The van der Waals surface area contributed by atoms with Gasteiger partial charge in [0.2, 0.25) is 0 Å².